The zero-order chi connectivity index (χ0) is 17.9. The van der Waals surface area contributed by atoms with Gasteiger partial charge in [0.15, 0.2) is 0 Å². The van der Waals surface area contributed by atoms with Gasteiger partial charge in [-0.2, -0.15) is 0 Å². The Bertz CT molecular complexity index is 933. The Balaban J connectivity index is 1.65. The van der Waals surface area contributed by atoms with Gasteiger partial charge in [0.25, 0.3) is 5.91 Å². The fourth-order valence-corrected chi connectivity index (χ4v) is 3.26. The molecule has 3 aromatic rings. The molecule has 26 heavy (non-hydrogen) atoms. The Morgan fingerprint density at radius 1 is 1.04 bits per heavy atom. The number of nitrogens with one attached hydrogen (secondary N) is 1. The van der Waals surface area contributed by atoms with E-state index in [-0.39, 0.29) is 11.9 Å². The molecule has 1 saturated carbocycles. The normalized spacial score (nSPS) is 14.0. The largest absolute Gasteiger partial charge is 0.487 e. The Labute approximate surface area is 157 Å². The third-order valence-corrected chi connectivity index (χ3v) is 5.11. The molecule has 4 heteroatoms. The van der Waals surface area contributed by atoms with Crippen LogP contribution in [-0.4, -0.2) is 11.9 Å². The number of amides is 1. The van der Waals surface area contributed by atoms with Crippen LogP contribution in [0.1, 0.15) is 35.2 Å². The molecule has 0 atom stereocenters. The topological polar surface area (TPSA) is 38.3 Å². The molecule has 0 unspecified atom stereocenters. The highest BCUT2D eigenvalue weighted by Crippen LogP contribution is 2.31. The zero-order valence-corrected chi connectivity index (χ0v) is 15.1. The predicted molar refractivity (Wildman–Crippen MR) is 105 cm³/mol. The highest BCUT2D eigenvalue weighted by molar-refractivity contribution is 6.30. The van der Waals surface area contributed by atoms with Crippen LogP contribution in [0.15, 0.2) is 60.7 Å². The number of benzene rings is 3. The van der Waals surface area contributed by atoms with Crippen LogP contribution in [0, 0.1) is 0 Å². The molecular weight excluding hydrogens is 346 g/mol. The Kier molecular flexibility index (Phi) is 4.81. The number of carbonyl (C=O) groups excluding carboxylic acids is 1. The predicted octanol–water partition coefficient (Wildman–Crippen LogP) is 5.35. The average Bonchev–Trinajstić information content (AvgIpc) is 2.63. The van der Waals surface area contributed by atoms with Gasteiger partial charge in [0.05, 0.1) is 5.56 Å². The van der Waals surface area contributed by atoms with Crippen molar-refractivity contribution in [3.05, 3.63) is 76.8 Å². The summed E-state index contributed by atoms with van der Waals surface area (Å²) < 4.78 is 6.13. The van der Waals surface area contributed by atoms with E-state index in [0.29, 0.717) is 22.9 Å². The van der Waals surface area contributed by atoms with Crippen LogP contribution in [-0.2, 0) is 6.61 Å². The van der Waals surface area contributed by atoms with Crippen molar-refractivity contribution >= 4 is 28.3 Å². The van der Waals surface area contributed by atoms with Crippen molar-refractivity contribution in [2.75, 3.05) is 0 Å². The van der Waals surface area contributed by atoms with Crippen molar-refractivity contribution in [3.63, 3.8) is 0 Å². The number of hydrogen-bond acceptors (Lipinski definition) is 2. The van der Waals surface area contributed by atoms with Gasteiger partial charge >= 0.3 is 0 Å². The van der Waals surface area contributed by atoms with Gasteiger partial charge in [0, 0.05) is 16.5 Å². The van der Waals surface area contributed by atoms with Crippen LogP contribution in [0.5, 0.6) is 5.75 Å². The van der Waals surface area contributed by atoms with Crippen molar-refractivity contribution in [1.82, 2.24) is 5.32 Å². The first-order valence-corrected chi connectivity index (χ1v) is 9.28. The van der Waals surface area contributed by atoms with Gasteiger partial charge in [-0.15, -0.1) is 0 Å². The van der Waals surface area contributed by atoms with Crippen LogP contribution >= 0.6 is 11.6 Å². The smallest absolute Gasteiger partial charge is 0.255 e. The first kappa shape index (κ1) is 16.9. The molecule has 0 saturated heterocycles. The lowest BCUT2D eigenvalue weighted by Gasteiger charge is -2.27. The van der Waals surface area contributed by atoms with Crippen molar-refractivity contribution < 1.29 is 9.53 Å². The maximum Gasteiger partial charge on any atom is 0.255 e. The summed E-state index contributed by atoms with van der Waals surface area (Å²) in [5, 5.41) is 5.80. The standard InChI is InChI=1S/C22H20ClNO2/c23-17-11-8-15(9-12-17)14-26-21-19-7-2-1-4-16(19)10-13-20(21)22(25)24-18-5-3-6-18/h1-2,4,7-13,18H,3,5-6,14H2,(H,24,25). The highest BCUT2D eigenvalue weighted by atomic mass is 35.5. The maximum absolute atomic E-state index is 12.8. The quantitative estimate of drug-likeness (QED) is 0.661. The molecule has 3 nitrogen and oxygen atoms in total. The summed E-state index contributed by atoms with van der Waals surface area (Å²) in [7, 11) is 0. The van der Waals surface area contributed by atoms with Crippen molar-refractivity contribution in [3.8, 4) is 5.75 Å². The monoisotopic (exact) mass is 365 g/mol. The number of carbonyl (C=O) groups is 1. The molecule has 1 aliphatic rings. The molecule has 0 heterocycles. The van der Waals surface area contributed by atoms with E-state index in [4.69, 9.17) is 16.3 Å². The highest BCUT2D eigenvalue weighted by Gasteiger charge is 2.23. The molecule has 1 fully saturated rings. The number of fused-ring (bicyclic) bond motifs is 1. The molecule has 1 aliphatic carbocycles. The van der Waals surface area contributed by atoms with Crippen molar-refractivity contribution in [2.24, 2.45) is 0 Å². The number of ether oxygens (including phenoxy) is 1. The molecule has 0 spiro atoms. The Morgan fingerprint density at radius 2 is 1.81 bits per heavy atom. The lowest BCUT2D eigenvalue weighted by Crippen LogP contribution is -2.39. The molecule has 3 aromatic carbocycles. The van der Waals surface area contributed by atoms with E-state index in [1.807, 2.05) is 60.7 Å². The minimum absolute atomic E-state index is 0.0634. The van der Waals surface area contributed by atoms with E-state index in [0.717, 1.165) is 29.2 Å². The minimum Gasteiger partial charge on any atom is -0.487 e. The second-order valence-corrected chi connectivity index (χ2v) is 7.12. The van der Waals surface area contributed by atoms with E-state index in [1.54, 1.807) is 0 Å². The van der Waals surface area contributed by atoms with E-state index in [9.17, 15) is 4.79 Å². The molecule has 0 radical (unpaired) electrons. The third kappa shape index (κ3) is 3.54. The van der Waals surface area contributed by atoms with Crippen molar-refractivity contribution in [2.45, 2.75) is 31.9 Å². The fraction of sp³-hybridized carbons (Fsp3) is 0.227. The van der Waals surface area contributed by atoms with E-state index >= 15 is 0 Å². The van der Waals surface area contributed by atoms with Gasteiger partial charge in [0.2, 0.25) is 0 Å². The van der Waals surface area contributed by atoms with E-state index in [2.05, 4.69) is 5.32 Å². The number of halogens is 1. The van der Waals surface area contributed by atoms with Crippen LogP contribution in [0.4, 0.5) is 0 Å². The van der Waals surface area contributed by atoms with E-state index in [1.165, 1.54) is 6.42 Å². The van der Waals surface area contributed by atoms with Crippen LogP contribution in [0.2, 0.25) is 5.02 Å². The Hall–Kier alpha value is -2.52. The lowest BCUT2D eigenvalue weighted by atomic mass is 9.92. The summed E-state index contributed by atoms with van der Waals surface area (Å²) in [6.45, 7) is 0.384. The molecule has 132 valence electrons. The maximum atomic E-state index is 12.8. The molecule has 4 rings (SSSR count). The fourth-order valence-electron chi connectivity index (χ4n) is 3.13. The molecule has 0 bridgehead atoms. The van der Waals surface area contributed by atoms with Gasteiger partial charge in [-0.3, -0.25) is 4.79 Å². The summed E-state index contributed by atoms with van der Waals surface area (Å²) in [6.07, 6.45) is 3.29. The molecule has 1 amide bonds. The second kappa shape index (κ2) is 7.38. The minimum atomic E-state index is -0.0634. The lowest BCUT2D eigenvalue weighted by molar-refractivity contribution is 0.0912. The zero-order valence-electron chi connectivity index (χ0n) is 14.4. The number of rotatable bonds is 5. The molecule has 0 aliphatic heterocycles. The molecule has 1 N–H and O–H groups in total. The summed E-state index contributed by atoms with van der Waals surface area (Å²) in [5.74, 6) is 0.571. The SMILES string of the molecule is O=C(NC1CCC1)c1ccc2ccccc2c1OCc1ccc(Cl)cc1. The van der Waals surface area contributed by atoms with Crippen molar-refractivity contribution in [1.29, 1.82) is 0 Å². The van der Waals surface area contributed by atoms with Crippen LogP contribution < -0.4 is 10.1 Å². The second-order valence-electron chi connectivity index (χ2n) is 6.68. The molecular formula is C22H20ClNO2. The Morgan fingerprint density at radius 3 is 2.54 bits per heavy atom. The van der Waals surface area contributed by atoms with Gasteiger partial charge in [-0.05, 0) is 48.4 Å². The third-order valence-electron chi connectivity index (χ3n) is 4.86. The van der Waals surface area contributed by atoms with Gasteiger partial charge in [0.1, 0.15) is 12.4 Å². The van der Waals surface area contributed by atoms with E-state index < -0.39 is 0 Å². The summed E-state index contributed by atoms with van der Waals surface area (Å²) in [4.78, 5) is 12.8. The summed E-state index contributed by atoms with van der Waals surface area (Å²) >= 11 is 5.95. The summed E-state index contributed by atoms with van der Waals surface area (Å²) in [5.41, 5.74) is 1.59. The average molecular weight is 366 g/mol. The first-order valence-electron chi connectivity index (χ1n) is 8.90. The first-order chi connectivity index (χ1) is 12.7. The van der Waals surface area contributed by atoms with Gasteiger partial charge in [-0.1, -0.05) is 54.1 Å². The van der Waals surface area contributed by atoms with Gasteiger partial charge in [-0.25, -0.2) is 0 Å². The van der Waals surface area contributed by atoms with Crippen LogP contribution in [0.25, 0.3) is 10.8 Å². The summed E-state index contributed by atoms with van der Waals surface area (Å²) in [6, 6.07) is 19.6. The molecule has 0 aromatic heterocycles. The van der Waals surface area contributed by atoms with Crippen LogP contribution in [0.3, 0.4) is 0 Å². The van der Waals surface area contributed by atoms with Gasteiger partial charge < -0.3 is 10.1 Å². The number of hydrogen-bond donors (Lipinski definition) is 1.